The SMILES string of the molecule is COc1ccc(NC(=O)c2ccc(C)c([N+](=O)[O-])c2)cc1N1CCCCC1=O. The average Bonchev–Trinajstić information content (AvgIpc) is 2.68. The van der Waals surface area contributed by atoms with Crippen LogP contribution in [0.2, 0.25) is 0 Å². The number of nitrogens with zero attached hydrogens (tertiary/aromatic N) is 2. The summed E-state index contributed by atoms with van der Waals surface area (Å²) in [5.41, 5.74) is 1.63. The Kier molecular flexibility index (Phi) is 5.58. The lowest BCUT2D eigenvalue weighted by Gasteiger charge is -2.28. The molecule has 8 heteroatoms. The summed E-state index contributed by atoms with van der Waals surface area (Å²) in [6.07, 6.45) is 2.24. The maximum Gasteiger partial charge on any atom is 0.273 e. The Bertz CT molecular complexity index is 941. The van der Waals surface area contributed by atoms with E-state index in [0.717, 1.165) is 12.8 Å². The summed E-state index contributed by atoms with van der Waals surface area (Å²) in [4.78, 5) is 37.1. The van der Waals surface area contributed by atoms with Crippen molar-refractivity contribution in [2.24, 2.45) is 0 Å². The lowest BCUT2D eigenvalue weighted by Crippen LogP contribution is -2.35. The molecule has 0 saturated carbocycles. The molecule has 0 atom stereocenters. The van der Waals surface area contributed by atoms with E-state index in [2.05, 4.69) is 5.32 Å². The second kappa shape index (κ2) is 8.08. The minimum Gasteiger partial charge on any atom is -0.495 e. The Labute approximate surface area is 162 Å². The molecule has 0 aromatic heterocycles. The van der Waals surface area contributed by atoms with E-state index in [1.165, 1.54) is 19.2 Å². The first-order valence-corrected chi connectivity index (χ1v) is 8.95. The highest BCUT2D eigenvalue weighted by Gasteiger charge is 2.23. The van der Waals surface area contributed by atoms with E-state index in [1.807, 2.05) is 0 Å². The number of benzene rings is 2. The molecule has 1 saturated heterocycles. The number of nitro groups is 1. The molecule has 3 rings (SSSR count). The molecule has 1 N–H and O–H groups in total. The molecular formula is C20H21N3O5. The third kappa shape index (κ3) is 3.95. The quantitative estimate of drug-likeness (QED) is 0.627. The summed E-state index contributed by atoms with van der Waals surface area (Å²) in [5.74, 6) is 0.0885. The summed E-state index contributed by atoms with van der Waals surface area (Å²) in [7, 11) is 1.52. The normalized spacial score (nSPS) is 13.9. The van der Waals surface area contributed by atoms with Crippen molar-refractivity contribution in [3.05, 3.63) is 57.6 Å². The molecule has 1 fully saturated rings. The molecule has 0 aliphatic carbocycles. The number of anilines is 2. The summed E-state index contributed by atoms with van der Waals surface area (Å²) in [6.45, 7) is 2.21. The Morgan fingerprint density at radius 2 is 2.00 bits per heavy atom. The van der Waals surface area contributed by atoms with Gasteiger partial charge >= 0.3 is 0 Å². The third-order valence-electron chi connectivity index (χ3n) is 4.72. The van der Waals surface area contributed by atoms with Gasteiger partial charge in [-0.2, -0.15) is 0 Å². The zero-order chi connectivity index (χ0) is 20.3. The number of carbonyl (C=O) groups excluding carboxylic acids is 2. The van der Waals surface area contributed by atoms with Crippen LogP contribution in [0.3, 0.4) is 0 Å². The molecule has 28 heavy (non-hydrogen) atoms. The van der Waals surface area contributed by atoms with Crippen molar-refractivity contribution in [1.82, 2.24) is 0 Å². The molecule has 2 aromatic carbocycles. The number of piperidine rings is 1. The van der Waals surface area contributed by atoms with Crippen LogP contribution in [-0.4, -0.2) is 30.4 Å². The minimum atomic E-state index is -0.514. The van der Waals surface area contributed by atoms with Crippen LogP contribution in [0.4, 0.5) is 17.1 Å². The number of amides is 2. The van der Waals surface area contributed by atoms with E-state index in [9.17, 15) is 19.7 Å². The largest absolute Gasteiger partial charge is 0.495 e. The van der Waals surface area contributed by atoms with Gasteiger partial charge < -0.3 is 15.0 Å². The number of carbonyl (C=O) groups is 2. The fourth-order valence-electron chi connectivity index (χ4n) is 3.19. The Morgan fingerprint density at radius 3 is 2.68 bits per heavy atom. The zero-order valence-corrected chi connectivity index (χ0v) is 15.7. The number of aryl methyl sites for hydroxylation is 1. The second-order valence-corrected chi connectivity index (χ2v) is 6.60. The molecule has 0 spiro atoms. The predicted octanol–water partition coefficient (Wildman–Crippen LogP) is 3.68. The third-order valence-corrected chi connectivity index (χ3v) is 4.72. The van der Waals surface area contributed by atoms with Gasteiger partial charge in [-0.3, -0.25) is 19.7 Å². The highest BCUT2D eigenvalue weighted by Crippen LogP contribution is 2.34. The van der Waals surface area contributed by atoms with Crippen LogP contribution in [0.1, 0.15) is 35.2 Å². The van der Waals surface area contributed by atoms with Crippen molar-refractivity contribution in [2.45, 2.75) is 26.2 Å². The van der Waals surface area contributed by atoms with E-state index in [4.69, 9.17) is 4.74 Å². The second-order valence-electron chi connectivity index (χ2n) is 6.60. The molecule has 1 aliphatic rings. The topological polar surface area (TPSA) is 102 Å². The summed E-state index contributed by atoms with van der Waals surface area (Å²) >= 11 is 0. The molecule has 2 aromatic rings. The Hall–Kier alpha value is -3.42. The summed E-state index contributed by atoms with van der Waals surface area (Å²) in [6, 6.07) is 9.36. The number of hydrogen-bond acceptors (Lipinski definition) is 5. The number of rotatable bonds is 5. The van der Waals surface area contributed by atoms with Gasteiger partial charge in [0.15, 0.2) is 0 Å². The molecule has 2 amide bonds. The van der Waals surface area contributed by atoms with Crippen molar-refractivity contribution < 1.29 is 19.2 Å². The van der Waals surface area contributed by atoms with Gasteiger partial charge in [-0.05, 0) is 44.0 Å². The molecule has 1 heterocycles. The maximum absolute atomic E-state index is 12.6. The minimum absolute atomic E-state index is 0.0159. The monoisotopic (exact) mass is 383 g/mol. The molecule has 146 valence electrons. The first-order chi connectivity index (χ1) is 13.4. The highest BCUT2D eigenvalue weighted by atomic mass is 16.6. The van der Waals surface area contributed by atoms with Crippen molar-refractivity contribution in [1.29, 1.82) is 0 Å². The standard InChI is InChI=1S/C20H21N3O5/c1-13-6-7-14(11-16(13)23(26)27)20(25)21-15-8-9-18(28-2)17(12-15)22-10-4-3-5-19(22)24/h6-9,11-12H,3-5,10H2,1-2H3,(H,21,25). The molecular weight excluding hydrogens is 362 g/mol. The molecule has 8 nitrogen and oxygen atoms in total. The average molecular weight is 383 g/mol. The smallest absolute Gasteiger partial charge is 0.273 e. The van der Waals surface area contributed by atoms with Gasteiger partial charge in [0.05, 0.1) is 17.7 Å². The van der Waals surface area contributed by atoms with Crippen molar-refractivity contribution in [3.8, 4) is 5.75 Å². The predicted molar refractivity (Wildman–Crippen MR) is 105 cm³/mol. The number of hydrogen-bond donors (Lipinski definition) is 1. The highest BCUT2D eigenvalue weighted by molar-refractivity contribution is 6.05. The van der Waals surface area contributed by atoms with Gasteiger partial charge in [0, 0.05) is 35.8 Å². The Morgan fingerprint density at radius 1 is 1.21 bits per heavy atom. The Balaban J connectivity index is 1.87. The molecule has 1 aliphatic heterocycles. The van der Waals surface area contributed by atoms with Crippen LogP contribution in [0.5, 0.6) is 5.75 Å². The number of ether oxygens (including phenoxy) is 1. The lowest BCUT2D eigenvalue weighted by atomic mass is 10.1. The van der Waals surface area contributed by atoms with Gasteiger partial charge in [-0.1, -0.05) is 6.07 Å². The van der Waals surface area contributed by atoms with Gasteiger partial charge in [0.25, 0.3) is 11.6 Å². The van der Waals surface area contributed by atoms with E-state index in [-0.39, 0.29) is 17.2 Å². The van der Waals surface area contributed by atoms with Crippen molar-refractivity contribution in [2.75, 3.05) is 23.9 Å². The van der Waals surface area contributed by atoms with Gasteiger partial charge in [0.1, 0.15) is 5.75 Å². The summed E-state index contributed by atoms with van der Waals surface area (Å²) in [5, 5.41) is 13.8. The van der Waals surface area contributed by atoms with E-state index < -0.39 is 10.8 Å². The first-order valence-electron chi connectivity index (χ1n) is 8.95. The zero-order valence-electron chi connectivity index (χ0n) is 15.7. The lowest BCUT2D eigenvalue weighted by molar-refractivity contribution is -0.385. The van der Waals surface area contributed by atoms with Crippen LogP contribution in [-0.2, 0) is 4.79 Å². The van der Waals surface area contributed by atoms with Crippen LogP contribution in [0.25, 0.3) is 0 Å². The number of nitrogens with one attached hydrogen (secondary N) is 1. The van der Waals surface area contributed by atoms with E-state index in [1.54, 1.807) is 36.1 Å². The van der Waals surface area contributed by atoms with Gasteiger partial charge in [0.2, 0.25) is 5.91 Å². The van der Waals surface area contributed by atoms with Crippen molar-refractivity contribution in [3.63, 3.8) is 0 Å². The molecule has 0 unspecified atom stereocenters. The fourth-order valence-corrected chi connectivity index (χ4v) is 3.19. The maximum atomic E-state index is 12.6. The number of nitro benzene ring substituents is 1. The van der Waals surface area contributed by atoms with E-state index in [0.29, 0.717) is 35.7 Å². The van der Waals surface area contributed by atoms with Crippen LogP contribution in [0, 0.1) is 17.0 Å². The van der Waals surface area contributed by atoms with Gasteiger partial charge in [-0.25, -0.2) is 0 Å². The molecule has 0 radical (unpaired) electrons. The first kappa shape index (κ1) is 19.3. The van der Waals surface area contributed by atoms with Gasteiger partial charge in [-0.15, -0.1) is 0 Å². The molecule has 0 bridgehead atoms. The fraction of sp³-hybridized carbons (Fsp3) is 0.300. The number of methoxy groups -OCH3 is 1. The van der Waals surface area contributed by atoms with Crippen molar-refractivity contribution >= 4 is 28.9 Å². The van der Waals surface area contributed by atoms with E-state index >= 15 is 0 Å². The van der Waals surface area contributed by atoms with Crippen LogP contribution in [0.15, 0.2) is 36.4 Å². The van der Waals surface area contributed by atoms with Crippen LogP contribution < -0.4 is 15.0 Å². The van der Waals surface area contributed by atoms with Crippen LogP contribution >= 0.6 is 0 Å². The summed E-state index contributed by atoms with van der Waals surface area (Å²) < 4.78 is 5.37.